The van der Waals surface area contributed by atoms with Gasteiger partial charge in [-0.05, 0) is 56.0 Å². The number of carbonyl (C=O) groups excluding carboxylic acids is 1. The first-order chi connectivity index (χ1) is 12.1. The van der Waals surface area contributed by atoms with Crippen molar-refractivity contribution in [1.29, 1.82) is 0 Å². The third-order valence-electron chi connectivity index (χ3n) is 5.01. The molecular formula is C20H31N3O2. The standard InChI is InChI=1S/C20H31N3O2/c1-15(2)13-23-10-7-16(14-23)20(24)22-18-5-3-17(4-6-18)21-19-8-11-25-12-9-19/h3-6,15-16,19,21H,7-14H2,1-2H3,(H,22,24)/t16-/m0/s1. The van der Waals surface area contributed by atoms with Gasteiger partial charge in [0.25, 0.3) is 0 Å². The Labute approximate surface area is 151 Å². The lowest BCUT2D eigenvalue weighted by atomic mass is 10.1. The SMILES string of the molecule is CC(C)CN1CC[C@H](C(=O)Nc2ccc(NC3CCOCC3)cc2)C1. The quantitative estimate of drug-likeness (QED) is 0.831. The third kappa shape index (κ3) is 5.44. The molecule has 1 aromatic rings. The highest BCUT2D eigenvalue weighted by atomic mass is 16.5. The molecular weight excluding hydrogens is 314 g/mol. The van der Waals surface area contributed by atoms with E-state index in [1.807, 2.05) is 24.3 Å². The van der Waals surface area contributed by atoms with Gasteiger partial charge in [0.1, 0.15) is 0 Å². The van der Waals surface area contributed by atoms with Gasteiger partial charge in [0.05, 0.1) is 5.92 Å². The Bertz CT molecular complexity index is 553. The summed E-state index contributed by atoms with van der Waals surface area (Å²) in [4.78, 5) is 14.9. The largest absolute Gasteiger partial charge is 0.382 e. The minimum absolute atomic E-state index is 0.110. The zero-order chi connectivity index (χ0) is 17.6. The van der Waals surface area contributed by atoms with E-state index in [0.29, 0.717) is 12.0 Å². The average molecular weight is 345 g/mol. The second-order valence-electron chi connectivity index (χ2n) is 7.74. The molecule has 2 heterocycles. The van der Waals surface area contributed by atoms with E-state index in [2.05, 4.69) is 29.4 Å². The molecule has 0 spiro atoms. The predicted molar refractivity (Wildman–Crippen MR) is 102 cm³/mol. The Kier molecular flexibility index (Phi) is 6.32. The van der Waals surface area contributed by atoms with E-state index >= 15 is 0 Å². The molecule has 5 heteroatoms. The summed E-state index contributed by atoms with van der Waals surface area (Å²) in [6.07, 6.45) is 3.06. The van der Waals surface area contributed by atoms with Crippen molar-refractivity contribution in [3.8, 4) is 0 Å². The van der Waals surface area contributed by atoms with Crippen LogP contribution in [0.15, 0.2) is 24.3 Å². The van der Waals surface area contributed by atoms with Crippen LogP contribution in [-0.2, 0) is 9.53 Å². The highest BCUT2D eigenvalue weighted by molar-refractivity contribution is 5.93. The molecule has 3 rings (SSSR count). The molecule has 2 aliphatic heterocycles. The molecule has 25 heavy (non-hydrogen) atoms. The fourth-order valence-corrected chi connectivity index (χ4v) is 3.70. The molecule has 1 aromatic carbocycles. The number of likely N-dealkylation sites (tertiary alicyclic amines) is 1. The highest BCUT2D eigenvalue weighted by Crippen LogP contribution is 2.21. The number of amides is 1. The van der Waals surface area contributed by atoms with Crippen molar-refractivity contribution in [3.05, 3.63) is 24.3 Å². The van der Waals surface area contributed by atoms with Crippen LogP contribution >= 0.6 is 0 Å². The van der Waals surface area contributed by atoms with Crippen LogP contribution in [0.25, 0.3) is 0 Å². The van der Waals surface area contributed by atoms with Crippen LogP contribution in [0.4, 0.5) is 11.4 Å². The smallest absolute Gasteiger partial charge is 0.228 e. The molecule has 138 valence electrons. The van der Waals surface area contributed by atoms with E-state index in [0.717, 1.165) is 63.5 Å². The first-order valence-electron chi connectivity index (χ1n) is 9.57. The minimum Gasteiger partial charge on any atom is -0.382 e. The van der Waals surface area contributed by atoms with Crippen molar-refractivity contribution in [2.45, 2.75) is 39.2 Å². The third-order valence-corrected chi connectivity index (χ3v) is 5.01. The molecule has 2 saturated heterocycles. The summed E-state index contributed by atoms with van der Waals surface area (Å²) in [5.41, 5.74) is 1.98. The maximum absolute atomic E-state index is 12.5. The van der Waals surface area contributed by atoms with Crippen LogP contribution in [-0.4, -0.2) is 49.7 Å². The zero-order valence-corrected chi connectivity index (χ0v) is 15.5. The van der Waals surface area contributed by atoms with Gasteiger partial charge >= 0.3 is 0 Å². The Hall–Kier alpha value is -1.59. The number of carbonyl (C=O) groups is 1. The van der Waals surface area contributed by atoms with Crippen LogP contribution in [0.3, 0.4) is 0 Å². The van der Waals surface area contributed by atoms with Crippen LogP contribution < -0.4 is 10.6 Å². The number of benzene rings is 1. The maximum atomic E-state index is 12.5. The van der Waals surface area contributed by atoms with Crippen LogP contribution in [0.2, 0.25) is 0 Å². The van der Waals surface area contributed by atoms with Gasteiger partial charge in [-0.1, -0.05) is 13.8 Å². The van der Waals surface area contributed by atoms with E-state index in [1.54, 1.807) is 0 Å². The number of hydrogen-bond acceptors (Lipinski definition) is 4. The molecule has 0 saturated carbocycles. The van der Waals surface area contributed by atoms with Crippen molar-refractivity contribution in [1.82, 2.24) is 4.90 Å². The van der Waals surface area contributed by atoms with Gasteiger partial charge < -0.3 is 20.3 Å². The van der Waals surface area contributed by atoms with Crippen molar-refractivity contribution in [3.63, 3.8) is 0 Å². The first kappa shape index (κ1) is 18.2. The van der Waals surface area contributed by atoms with E-state index in [4.69, 9.17) is 4.74 Å². The Morgan fingerprint density at radius 1 is 1.16 bits per heavy atom. The molecule has 0 aliphatic carbocycles. The lowest BCUT2D eigenvalue weighted by molar-refractivity contribution is -0.119. The molecule has 2 N–H and O–H groups in total. The molecule has 0 unspecified atom stereocenters. The lowest BCUT2D eigenvalue weighted by Gasteiger charge is -2.24. The van der Waals surface area contributed by atoms with Gasteiger partial charge in [0.15, 0.2) is 0 Å². The zero-order valence-electron chi connectivity index (χ0n) is 15.5. The second-order valence-corrected chi connectivity index (χ2v) is 7.74. The topological polar surface area (TPSA) is 53.6 Å². The van der Waals surface area contributed by atoms with Gasteiger partial charge in [-0.2, -0.15) is 0 Å². The molecule has 1 atom stereocenters. The number of nitrogens with zero attached hydrogens (tertiary/aromatic N) is 1. The Balaban J connectivity index is 1.47. The number of hydrogen-bond donors (Lipinski definition) is 2. The average Bonchev–Trinajstić information content (AvgIpc) is 3.05. The van der Waals surface area contributed by atoms with Gasteiger partial charge in [-0.15, -0.1) is 0 Å². The molecule has 2 fully saturated rings. The predicted octanol–water partition coefficient (Wildman–Crippen LogP) is 3.19. The molecule has 0 bridgehead atoms. The molecule has 1 amide bonds. The molecule has 0 aromatic heterocycles. The normalized spacial score (nSPS) is 22.3. The van der Waals surface area contributed by atoms with E-state index in [-0.39, 0.29) is 11.8 Å². The summed E-state index contributed by atoms with van der Waals surface area (Å²) in [6, 6.07) is 8.55. The summed E-state index contributed by atoms with van der Waals surface area (Å²) in [5.74, 6) is 0.910. The summed E-state index contributed by atoms with van der Waals surface area (Å²) >= 11 is 0. The molecule has 2 aliphatic rings. The number of ether oxygens (including phenoxy) is 1. The summed E-state index contributed by atoms with van der Waals surface area (Å²) in [7, 11) is 0. The van der Waals surface area contributed by atoms with E-state index in [9.17, 15) is 4.79 Å². The van der Waals surface area contributed by atoms with E-state index in [1.165, 1.54) is 0 Å². The number of rotatable bonds is 6. The van der Waals surface area contributed by atoms with Crippen molar-refractivity contribution < 1.29 is 9.53 Å². The van der Waals surface area contributed by atoms with Crippen molar-refractivity contribution in [2.75, 3.05) is 43.5 Å². The summed E-state index contributed by atoms with van der Waals surface area (Å²) in [6.45, 7) is 9.11. The molecule has 0 radical (unpaired) electrons. The van der Waals surface area contributed by atoms with E-state index < -0.39 is 0 Å². The Morgan fingerprint density at radius 2 is 1.84 bits per heavy atom. The fraction of sp³-hybridized carbons (Fsp3) is 0.650. The monoisotopic (exact) mass is 345 g/mol. The number of anilines is 2. The maximum Gasteiger partial charge on any atom is 0.228 e. The first-order valence-corrected chi connectivity index (χ1v) is 9.57. The van der Waals surface area contributed by atoms with Gasteiger partial charge in [-0.3, -0.25) is 4.79 Å². The van der Waals surface area contributed by atoms with Gasteiger partial charge in [0.2, 0.25) is 5.91 Å². The van der Waals surface area contributed by atoms with Gasteiger partial charge in [-0.25, -0.2) is 0 Å². The Morgan fingerprint density at radius 3 is 2.52 bits per heavy atom. The van der Waals surface area contributed by atoms with Crippen molar-refractivity contribution >= 4 is 17.3 Å². The highest BCUT2D eigenvalue weighted by Gasteiger charge is 2.28. The fourth-order valence-electron chi connectivity index (χ4n) is 3.70. The van der Waals surface area contributed by atoms with Crippen LogP contribution in [0.5, 0.6) is 0 Å². The minimum atomic E-state index is 0.110. The summed E-state index contributed by atoms with van der Waals surface area (Å²) < 4.78 is 5.39. The van der Waals surface area contributed by atoms with Crippen LogP contribution in [0, 0.1) is 11.8 Å². The van der Waals surface area contributed by atoms with Crippen LogP contribution in [0.1, 0.15) is 33.1 Å². The number of nitrogens with one attached hydrogen (secondary N) is 2. The second kappa shape index (κ2) is 8.68. The summed E-state index contributed by atoms with van der Waals surface area (Å²) in [5, 5.41) is 6.62. The van der Waals surface area contributed by atoms with Gasteiger partial charge in [0, 0.05) is 43.7 Å². The van der Waals surface area contributed by atoms with Crippen molar-refractivity contribution in [2.24, 2.45) is 11.8 Å². The molecule has 5 nitrogen and oxygen atoms in total. The lowest BCUT2D eigenvalue weighted by Crippen LogP contribution is -2.29.